The van der Waals surface area contributed by atoms with Crippen molar-refractivity contribution in [2.24, 2.45) is 4.99 Å². The van der Waals surface area contributed by atoms with Crippen molar-refractivity contribution in [2.75, 3.05) is 5.32 Å². The molecule has 7 nitrogen and oxygen atoms in total. The first kappa shape index (κ1) is 20.9. The predicted octanol–water partition coefficient (Wildman–Crippen LogP) is 3.85. The second-order valence-corrected chi connectivity index (χ2v) is 7.51. The lowest BCUT2D eigenvalue weighted by Gasteiger charge is -2.07. The molecule has 0 atom stereocenters. The number of anilines is 1. The summed E-state index contributed by atoms with van der Waals surface area (Å²) in [7, 11) is 0. The Bertz CT molecular complexity index is 1200. The normalized spacial score (nSPS) is 11.5. The van der Waals surface area contributed by atoms with Gasteiger partial charge in [-0.25, -0.2) is 0 Å². The molecule has 0 saturated carbocycles. The molecule has 0 aliphatic rings. The Morgan fingerprint density at radius 3 is 2.72 bits per heavy atom. The van der Waals surface area contributed by atoms with E-state index in [1.807, 2.05) is 6.07 Å². The maximum atomic E-state index is 12.0. The van der Waals surface area contributed by atoms with Crippen LogP contribution in [-0.2, 0) is 11.3 Å². The first-order chi connectivity index (χ1) is 13.9. The molecule has 4 N–H and O–H groups in total. The lowest BCUT2D eigenvalue weighted by molar-refractivity contribution is -0.111. The highest BCUT2D eigenvalue weighted by Gasteiger charge is 2.10. The summed E-state index contributed by atoms with van der Waals surface area (Å²) >= 11 is 7.47. The maximum Gasteiger partial charge on any atom is 0.258 e. The number of benzene rings is 2. The third-order valence-electron chi connectivity index (χ3n) is 4.03. The van der Waals surface area contributed by atoms with E-state index in [0.717, 1.165) is 15.2 Å². The van der Waals surface area contributed by atoms with E-state index in [0.29, 0.717) is 21.9 Å². The summed E-state index contributed by atoms with van der Waals surface area (Å²) in [6.07, 6.45) is 2.60. The zero-order valence-corrected chi connectivity index (χ0v) is 17.7. The van der Waals surface area contributed by atoms with Crippen molar-refractivity contribution in [3.63, 3.8) is 0 Å². The fourth-order valence-electron chi connectivity index (χ4n) is 2.69. The molecule has 0 radical (unpaired) electrons. The van der Waals surface area contributed by atoms with Gasteiger partial charge in [0.15, 0.2) is 0 Å². The summed E-state index contributed by atoms with van der Waals surface area (Å²) in [6.45, 7) is 0.216. The molecule has 9 heteroatoms. The maximum absolute atomic E-state index is 12.0. The predicted molar refractivity (Wildman–Crippen MR) is 122 cm³/mol. The van der Waals surface area contributed by atoms with Gasteiger partial charge in [-0.1, -0.05) is 17.7 Å². The third kappa shape index (κ3) is 4.96. The van der Waals surface area contributed by atoms with Gasteiger partial charge in [-0.3, -0.25) is 19.6 Å². The Morgan fingerprint density at radius 1 is 1.21 bits per heavy atom. The number of halogens is 2. The summed E-state index contributed by atoms with van der Waals surface area (Å²) in [4.78, 5) is 30.2. The molecule has 1 amide bonds. The Labute approximate surface area is 183 Å². The van der Waals surface area contributed by atoms with Gasteiger partial charge in [0.1, 0.15) is 5.75 Å². The van der Waals surface area contributed by atoms with Crippen LogP contribution < -0.4 is 10.9 Å². The van der Waals surface area contributed by atoms with Crippen LogP contribution in [0.25, 0.3) is 10.8 Å². The quantitative estimate of drug-likeness (QED) is 0.176. The molecule has 29 heavy (non-hydrogen) atoms. The average molecular weight is 524 g/mol. The fourth-order valence-corrected chi connectivity index (χ4v) is 3.30. The molecule has 3 rings (SSSR count). The summed E-state index contributed by atoms with van der Waals surface area (Å²) in [5.41, 5.74) is 2.03. The van der Waals surface area contributed by atoms with E-state index < -0.39 is 5.91 Å². The smallest absolute Gasteiger partial charge is 0.258 e. The van der Waals surface area contributed by atoms with E-state index in [-0.39, 0.29) is 29.4 Å². The summed E-state index contributed by atoms with van der Waals surface area (Å²) in [5, 5.41) is 23.7. The highest BCUT2D eigenvalue weighted by Crippen LogP contribution is 2.25. The number of nitrogens with zero attached hydrogens (tertiary/aromatic N) is 1. The molecule has 1 heterocycles. The second-order valence-electron chi connectivity index (χ2n) is 6.01. The van der Waals surface area contributed by atoms with Gasteiger partial charge in [0.25, 0.3) is 5.56 Å². The Balaban J connectivity index is 1.83. The second kappa shape index (κ2) is 9.10. The minimum absolute atomic E-state index is 0.110. The minimum Gasteiger partial charge on any atom is -0.506 e. The number of aromatic hydroxyl groups is 2. The van der Waals surface area contributed by atoms with Crippen molar-refractivity contribution >= 4 is 62.8 Å². The van der Waals surface area contributed by atoms with E-state index in [1.165, 1.54) is 12.3 Å². The van der Waals surface area contributed by atoms with E-state index in [4.69, 9.17) is 11.6 Å². The van der Waals surface area contributed by atoms with Crippen LogP contribution in [-0.4, -0.2) is 27.3 Å². The number of H-pyrrole nitrogens is 1. The van der Waals surface area contributed by atoms with E-state index >= 15 is 0 Å². The third-order valence-corrected chi connectivity index (χ3v) is 4.83. The molecule has 0 spiro atoms. The number of hydrogen-bond donors (Lipinski definition) is 4. The average Bonchev–Trinajstić information content (AvgIpc) is 2.66. The van der Waals surface area contributed by atoms with Gasteiger partial charge in [-0.2, -0.15) is 0 Å². The molecule has 0 fully saturated rings. The van der Waals surface area contributed by atoms with Gasteiger partial charge < -0.3 is 15.5 Å². The molecule has 1 aromatic heterocycles. The molecule has 0 aliphatic heterocycles. The van der Waals surface area contributed by atoms with Crippen molar-refractivity contribution in [3.05, 3.63) is 73.1 Å². The minimum atomic E-state index is -0.462. The van der Waals surface area contributed by atoms with Crippen LogP contribution in [0.3, 0.4) is 0 Å². The van der Waals surface area contributed by atoms with Crippen molar-refractivity contribution in [2.45, 2.75) is 6.54 Å². The molecule has 2 aromatic carbocycles. The zero-order chi connectivity index (χ0) is 21.0. The first-order valence-corrected chi connectivity index (χ1v) is 9.84. The standard InChI is InChI=1S/C20H15ClIN3O4/c21-6-5-18(27)24-16-4-1-11(7-17(16)26)9-23-10-15-14-8-12(22)2-3-13(14)19(28)25-20(15)29/h1-8,10,26H,9H2,(H,24,27)(H2,25,28,29)/b6-5-,23-10?. The monoisotopic (exact) mass is 523 g/mol. The number of carbonyl (C=O) groups excluding carboxylic acids is 1. The van der Waals surface area contributed by atoms with Crippen molar-refractivity contribution in [3.8, 4) is 11.6 Å². The first-order valence-electron chi connectivity index (χ1n) is 8.33. The number of nitrogens with one attached hydrogen (secondary N) is 2. The van der Waals surface area contributed by atoms with Gasteiger partial charge in [0.2, 0.25) is 11.8 Å². The molecule has 148 valence electrons. The van der Waals surface area contributed by atoms with Gasteiger partial charge in [0.05, 0.1) is 17.8 Å². The molecular formula is C20H15ClIN3O4. The van der Waals surface area contributed by atoms with Gasteiger partial charge >= 0.3 is 0 Å². The number of pyridine rings is 1. The molecule has 3 aromatic rings. The van der Waals surface area contributed by atoms with E-state index in [1.54, 1.807) is 24.3 Å². The SMILES string of the molecule is O=C(/C=C\Cl)Nc1ccc(CN=Cc2c(O)[nH]c(=O)c3ccc(I)cc23)cc1O. The summed E-state index contributed by atoms with van der Waals surface area (Å²) in [5.74, 6) is -0.835. The zero-order valence-electron chi connectivity index (χ0n) is 14.8. The van der Waals surface area contributed by atoms with Gasteiger partial charge in [-0.15, -0.1) is 0 Å². The lowest BCUT2D eigenvalue weighted by atomic mass is 10.1. The lowest BCUT2D eigenvalue weighted by Crippen LogP contribution is -2.08. The Hall–Kier alpha value is -2.85. The van der Waals surface area contributed by atoms with Crippen molar-refractivity contribution in [1.29, 1.82) is 0 Å². The van der Waals surface area contributed by atoms with Crippen LogP contribution in [0.1, 0.15) is 11.1 Å². The highest BCUT2D eigenvalue weighted by molar-refractivity contribution is 14.1. The topological polar surface area (TPSA) is 115 Å². The van der Waals surface area contributed by atoms with Gasteiger partial charge in [-0.05, 0) is 58.5 Å². The largest absolute Gasteiger partial charge is 0.506 e. The number of phenols is 1. The number of rotatable bonds is 5. The van der Waals surface area contributed by atoms with Crippen LogP contribution in [0.4, 0.5) is 5.69 Å². The number of aromatic nitrogens is 1. The molecular weight excluding hydrogens is 509 g/mol. The number of aliphatic imine (C=N–C) groups is 1. The molecule has 0 bridgehead atoms. The van der Waals surface area contributed by atoms with Crippen molar-refractivity contribution < 1.29 is 15.0 Å². The molecule has 0 aliphatic carbocycles. The highest BCUT2D eigenvalue weighted by atomic mass is 127. The fraction of sp³-hybridized carbons (Fsp3) is 0.0500. The number of fused-ring (bicyclic) bond motifs is 1. The summed E-state index contributed by atoms with van der Waals surface area (Å²) in [6, 6.07) is 10.0. The molecule has 0 saturated heterocycles. The number of carbonyl (C=O) groups is 1. The Morgan fingerprint density at radius 2 is 2.00 bits per heavy atom. The number of phenolic OH excluding ortho intramolecular Hbond substituents is 1. The Kier molecular flexibility index (Phi) is 6.55. The van der Waals surface area contributed by atoms with Crippen LogP contribution in [0.2, 0.25) is 0 Å². The van der Waals surface area contributed by atoms with Crippen LogP contribution in [0.5, 0.6) is 11.6 Å². The van der Waals surface area contributed by atoms with E-state index in [2.05, 4.69) is 37.9 Å². The number of hydrogen-bond acceptors (Lipinski definition) is 5. The van der Waals surface area contributed by atoms with Crippen LogP contribution in [0.15, 0.2) is 57.8 Å². The molecule has 0 unspecified atom stereocenters. The van der Waals surface area contributed by atoms with E-state index in [9.17, 15) is 19.8 Å². The number of amides is 1. The number of aromatic amines is 1. The van der Waals surface area contributed by atoms with Gasteiger partial charge in [0, 0.05) is 32.2 Å². The summed E-state index contributed by atoms with van der Waals surface area (Å²) < 4.78 is 0.918. The van der Waals surface area contributed by atoms with Crippen molar-refractivity contribution in [1.82, 2.24) is 4.98 Å². The van der Waals surface area contributed by atoms with Crippen LogP contribution >= 0.6 is 34.2 Å². The van der Waals surface area contributed by atoms with Crippen LogP contribution in [0, 0.1) is 3.57 Å².